The maximum absolute atomic E-state index is 12.3. The third kappa shape index (κ3) is 10.0. The van der Waals surface area contributed by atoms with E-state index in [4.69, 9.17) is 9.47 Å². The predicted molar refractivity (Wildman–Crippen MR) is 107 cm³/mol. The van der Waals surface area contributed by atoms with Crippen LogP contribution in [0.3, 0.4) is 0 Å². The summed E-state index contributed by atoms with van der Waals surface area (Å²) < 4.78 is 10.8. The minimum atomic E-state index is -0.599. The number of ether oxygens (including phenoxy) is 2. The van der Waals surface area contributed by atoms with E-state index in [1.54, 1.807) is 46.4 Å². The fourth-order valence-electron chi connectivity index (χ4n) is 3.10. The van der Waals surface area contributed by atoms with E-state index in [1.165, 1.54) is 0 Å². The van der Waals surface area contributed by atoms with Gasteiger partial charge >= 0.3 is 11.9 Å². The Morgan fingerprint density at radius 1 is 1.11 bits per heavy atom. The zero-order valence-electron chi connectivity index (χ0n) is 18.6. The molecule has 28 heavy (non-hydrogen) atoms. The summed E-state index contributed by atoms with van der Waals surface area (Å²) in [5, 5.41) is 2.89. The number of carbonyl (C=O) groups excluding carboxylic acids is 3. The van der Waals surface area contributed by atoms with Crippen LogP contribution in [0.1, 0.15) is 55.4 Å². The van der Waals surface area contributed by atoms with Gasteiger partial charge in [0.05, 0.1) is 19.6 Å². The lowest BCUT2D eigenvalue weighted by Crippen LogP contribution is -2.56. The summed E-state index contributed by atoms with van der Waals surface area (Å²) >= 11 is 0. The minimum Gasteiger partial charge on any atom is -0.459 e. The van der Waals surface area contributed by atoms with Crippen molar-refractivity contribution >= 4 is 17.8 Å². The molecular formula is C20H37N3O5. The van der Waals surface area contributed by atoms with Crippen LogP contribution in [0, 0.1) is 0 Å². The Morgan fingerprint density at radius 3 is 1.96 bits per heavy atom. The van der Waals surface area contributed by atoms with Crippen molar-refractivity contribution in [3.05, 3.63) is 0 Å². The molecule has 0 unspecified atom stereocenters. The van der Waals surface area contributed by atoms with E-state index in [-0.39, 0.29) is 31.1 Å². The van der Waals surface area contributed by atoms with Crippen LogP contribution < -0.4 is 5.32 Å². The largest absolute Gasteiger partial charge is 0.459 e. The molecular weight excluding hydrogens is 362 g/mol. The van der Waals surface area contributed by atoms with Gasteiger partial charge in [-0.25, -0.2) is 0 Å². The van der Waals surface area contributed by atoms with Gasteiger partial charge in [-0.3, -0.25) is 24.2 Å². The Labute approximate surface area is 168 Å². The SMILES string of the molecule is C[C@H]1CN(C[C@H](C)N(CC(=O)OC(C)(C)C)CC(=O)OC(C)(C)C)CC(=O)N1. The molecule has 1 aliphatic rings. The molecule has 1 rings (SSSR count). The molecule has 1 amide bonds. The highest BCUT2D eigenvalue weighted by Crippen LogP contribution is 2.12. The number of esters is 2. The first-order valence-electron chi connectivity index (χ1n) is 9.84. The van der Waals surface area contributed by atoms with Gasteiger partial charge in [0, 0.05) is 25.2 Å². The number of carbonyl (C=O) groups is 3. The summed E-state index contributed by atoms with van der Waals surface area (Å²) in [7, 11) is 0. The Balaban J connectivity index is 2.81. The average Bonchev–Trinajstić information content (AvgIpc) is 2.40. The van der Waals surface area contributed by atoms with Crippen molar-refractivity contribution in [1.29, 1.82) is 0 Å². The fraction of sp³-hybridized carbons (Fsp3) is 0.850. The second kappa shape index (κ2) is 9.69. The van der Waals surface area contributed by atoms with Crippen molar-refractivity contribution in [3.8, 4) is 0 Å². The maximum Gasteiger partial charge on any atom is 0.320 e. The normalized spacial score (nSPS) is 19.9. The summed E-state index contributed by atoms with van der Waals surface area (Å²) in [5.74, 6) is -0.808. The molecule has 162 valence electrons. The molecule has 2 atom stereocenters. The van der Waals surface area contributed by atoms with E-state index in [2.05, 4.69) is 5.32 Å². The van der Waals surface area contributed by atoms with Crippen LogP contribution in [0.15, 0.2) is 0 Å². The summed E-state index contributed by atoms with van der Waals surface area (Å²) in [6.07, 6.45) is 0. The van der Waals surface area contributed by atoms with Crippen LogP contribution in [0.5, 0.6) is 0 Å². The van der Waals surface area contributed by atoms with E-state index in [0.717, 1.165) is 6.54 Å². The van der Waals surface area contributed by atoms with E-state index < -0.39 is 23.1 Å². The first-order valence-corrected chi connectivity index (χ1v) is 9.84. The van der Waals surface area contributed by atoms with Crippen molar-refractivity contribution in [2.24, 2.45) is 0 Å². The second-order valence-electron chi connectivity index (χ2n) is 9.59. The summed E-state index contributed by atoms with van der Waals surface area (Å²) in [6, 6.07) is -0.0725. The zero-order valence-corrected chi connectivity index (χ0v) is 18.6. The predicted octanol–water partition coefficient (Wildman–Crippen LogP) is 1.18. The van der Waals surface area contributed by atoms with Crippen molar-refractivity contribution in [1.82, 2.24) is 15.1 Å². The fourth-order valence-corrected chi connectivity index (χ4v) is 3.10. The van der Waals surface area contributed by atoms with Gasteiger partial charge in [0.15, 0.2) is 0 Å². The first-order chi connectivity index (χ1) is 12.6. The summed E-state index contributed by atoms with van der Waals surface area (Å²) in [5.41, 5.74) is -1.20. The Bertz CT molecular complexity index is 535. The van der Waals surface area contributed by atoms with Crippen molar-refractivity contribution in [2.45, 2.75) is 78.7 Å². The van der Waals surface area contributed by atoms with Crippen LogP contribution in [-0.2, 0) is 23.9 Å². The zero-order chi connectivity index (χ0) is 21.7. The van der Waals surface area contributed by atoms with Gasteiger partial charge in [0.25, 0.3) is 0 Å². The Kier molecular flexibility index (Phi) is 8.44. The quantitative estimate of drug-likeness (QED) is 0.643. The molecule has 1 saturated heterocycles. The van der Waals surface area contributed by atoms with Gasteiger partial charge in [0.1, 0.15) is 11.2 Å². The van der Waals surface area contributed by atoms with E-state index >= 15 is 0 Å². The minimum absolute atomic E-state index is 0.0169. The molecule has 1 fully saturated rings. The molecule has 0 aromatic carbocycles. The molecule has 0 bridgehead atoms. The van der Waals surface area contributed by atoms with E-state index in [9.17, 15) is 14.4 Å². The van der Waals surface area contributed by atoms with Crippen LogP contribution in [-0.4, -0.2) is 83.7 Å². The molecule has 1 heterocycles. The number of amides is 1. The summed E-state index contributed by atoms with van der Waals surface area (Å²) in [6.45, 7) is 16.3. The molecule has 1 aliphatic heterocycles. The number of hydrogen-bond donors (Lipinski definition) is 1. The lowest BCUT2D eigenvalue weighted by atomic mass is 10.1. The van der Waals surface area contributed by atoms with Gasteiger partial charge in [-0.2, -0.15) is 0 Å². The van der Waals surface area contributed by atoms with Crippen molar-refractivity contribution in [3.63, 3.8) is 0 Å². The molecule has 0 aliphatic carbocycles. The molecule has 0 spiro atoms. The maximum atomic E-state index is 12.3. The van der Waals surface area contributed by atoms with Crippen molar-refractivity contribution in [2.75, 3.05) is 32.7 Å². The number of nitrogens with zero attached hydrogens (tertiary/aromatic N) is 2. The van der Waals surface area contributed by atoms with Gasteiger partial charge in [0.2, 0.25) is 5.91 Å². The van der Waals surface area contributed by atoms with Gasteiger partial charge in [-0.05, 0) is 55.4 Å². The Hall–Kier alpha value is -1.67. The van der Waals surface area contributed by atoms with Gasteiger partial charge in [-0.1, -0.05) is 0 Å². The molecule has 8 heteroatoms. The molecule has 0 radical (unpaired) electrons. The number of nitrogens with one attached hydrogen (secondary N) is 1. The van der Waals surface area contributed by atoms with E-state index in [0.29, 0.717) is 13.1 Å². The van der Waals surface area contributed by atoms with Crippen LogP contribution in [0.25, 0.3) is 0 Å². The standard InChI is InChI=1S/C20H37N3O5/c1-14-9-22(11-16(24)21-14)10-15(2)23(12-17(25)27-19(3,4)5)13-18(26)28-20(6,7)8/h14-15H,9-13H2,1-8H3,(H,21,24)/t14-,15-/m0/s1. The van der Waals surface area contributed by atoms with E-state index in [1.807, 2.05) is 18.7 Å². The highest BCUT2D eigenvalue weighted by atomic mass is 16.6. The number of rotatable bonds is 7. The van der Waals surface area contributed by atoms with Crippen LogP contribution >= 0.6 is 0 Å². The average molecular weight is 400 g/mol. The topological polar surface area (TPSA) is 88.2 Å². The van der Waals surface area contributed by atoms with Gasteiger partial charge in [-0.15, -0.1) is 0 Å². The van der Waals surface area contributed by atoms with Crippen LogP contribution in [0.4, 0.5) is 0 Å². The highest BCUT2D eigenvalue weighted by molar-refractivity contribution is 5.79. The van der Waals surface area contributed by atoms with Gasteiger partial charge < -0.3 is 14.8 Å². The third-order valence-corrected chi connectivity index (χ3v) is 3.96. The second-order valence-corrected chi connectivity index (χ2v) is 9.59. The lowest BCUT2D eigenvalue weighted by Gasteiger charge is -2.36. The number of piperazine rings is 1. The van der Waals surface area contributed by atoms with Crippen LogP contribution in [0.2, 0.25) is 0 Å². The Morgan fingerprint density at radius 2 is 1.57 bits per heavy atom. The third-order valence-electron chi connectivity index (χ3n) is 3.96. The molecule has 0 aromatic rings. The smallest absolute Gasteiger partial charge is 0.320 e. The molecule has 0 aromatic heterocycles. The lowest BCUT2D eigenvalue weighted by molar-refractivity contribution is -0.161. The first kappa shape index (κ1) is 24.4. The highest BCUT2D eigenvalue weighted by Gasteiger charge is 2.29. The molecule has 8 nitrogen and oxygen atoms in total. The molecule has 1 N–H and O–H groups in total. The summed E-state index contributed by atoms with van der Waals surface area (Å²) in [4.78, 5) is 40.3. The monoisotopic (exact) mass is 399 g/mol. The number of hydrogen-bond acceptors (Lipinski definition) is 7. The molecule has 0 saturated carbocycles. The van der Waals surface area contributed by atoms with Crippen molar-refractivity contribution < 1.29 is 23.9 Å².